The fraction of sp³-hybridized carbons (Fsp3) is 0.435. The predicted molar refractivity (Wildman–Crippen MR) is 123 cm³/mol. The normalized spacial score (nSPS) is 11.3. The van der Waals surface area contributed by atoms with Gasteiger partial charge in [0.25, 0.3) is 0 Å². The summed E-state index contributed by atoms with van der Waals surface area (Å²) in [6, 6.07) is 13.0. The summed E-state index contributed by atoms with van der Waals surface area (Å²) in [5.74, 6) is 1.45. The third-order valence-electron chi connectivity index (χ3n) is 4.95. The highest BCUT2D eigenvalue weighted by molar-refractivity contribution is 7.92. The van der Waals surface area contributed by atoms with E-state index in [9.17, 15) is 13.2 Å². The van der Waals surface area contributed by atoms with Crippen molar-refractivity contribution in [1.29, 1.82) is 0 Å². The van der Waals surface area contributed by atoms with Gasteiger partial charge < -0.3 is 14.8 Å². The van der Waals surface area contributed by atoms with Crippen LogP contribution in [-0.2, 0) is 21.4 Å². The van der Waals surface area contributed by atoms with E-state index in [1.165, 1.54) is 10.6 Å². The zero-order chi connectivity index (χ0) is 23.0. The Morgan fingerprint density at radius 2 is 1.68 bits per heavy atom. The first kappa shape index (κ1) is 24.5. The number of hydrogen-bond acceptors (Lipinski definition) is 5. The van der Waals surface area contributed by atoms with Crippen molar-refractivity contribution in [1.82, 2.24) is 5.32 Å². The maximum absolute atomic E-state index is 12.3. The average Bonchev–Trinajstić information content (AvgIpc) is 2.74. The number of sulfonamides is 1. The minimum atomic E-state index is -3.44. The fourth-order valence-corrected chi connectivity index (χ4v) is 4.14. The van der Waals surface area contributed by atoms with Gasteiger partial charge in [-0.05, 0) is 47.7 Å². The molecule has 0 fully saturated rings. The second kappa shape index (κ2) is 11.0. The lowest BCUT2D eigenvalue weighted by Gasteiger charge is -2.23. The number of carbonyl (C=O) groups excluding carboxylic acids is 1. The van der Waals surface area contributed by atoms with Gasteiger partial charge in [-0.3, -0.25) is 9.10 Å². The highest BCUT2D eigenvalue weighted by atomic mass is 32.2. The molecular formula is C23H32N2O5S. The van der Waals surface area contributed by atoms with Crippen molar-refractivity contribution in [2.45, 2.75) is 39.2 Å². The molecule has 0 bridgehead atoms. The maximum atomic E-state index is 12.3. The van der Waals surface area contributed by atoms with E-state index in [0.29, 0.717) is 36.1 Å². The molecule has 0 aliphatic rings. The number of benzene rings is 2. The topological polar surface area (TPSA) is 84.9 Å². The van der Waals surface area contributed by atoms with Crippen LogP contribution in [0.5, 0.6) is 11.5 Å². The quantitative estimate of drug-likeness (QED) is 0.567. The van der Waals surface area contributed by atoms with Crippen molar-refractivity contribution in [3.63, 3.8) is 0 Å². The lowest BCUT2D eigenvalue weighted by molar-refractivity contribution is -0.121. The molecular weight excluding hydrogens is 416 g/mol. The Hall–Kier alpha value is -2.74. The Labute approximate surface area is 185 Å². The van der Waals surface area contributed by atoms with Crippen LogP contribution in [0.1, 0.15) is 43.7 Å². The van der Waals surface area contributed by atoms with Gasteiger partial charge in [-0.1, -0.05) is 32.0 Å². The molecule has 170 valence electrons. The molecule has 8 heteroatoms. The van der Waals surface area contributed by atoms with Gasteiger partial charge in [-0.2, -0.15) is 0 Å². The third kappa shape index (κ3) is 7.17. The molecule has 0 aromatic heterocycles. The van der Waals surface area contributed by atoms with Gasteiger partial charge in [0.15, 0.2) is 11.5 Å². The first-order valence-corrected chi connectivity index (χ1v) is 12.1. The first-order valence-electron chi connectivity index (χ1n) is 10.2. The molecule has 0 spiro atoms. The molecule has 0 radical (unpaired) electrons. The second-order valence-electron chi connectivity index (χ2n) is 7.65. The number of rotatable bonds is 11. The van der Waals surface area contributed by atoms with E-state index in [1.807, 2.05) is 36.4 Å². The van der Waals surface area contributed by atoms with E-state index in [2.05, 4.69) is 19.2 Å². The maximum Gasteiger partial charge on any atom is 0.232 e. The van der Waals surface area contributed by atoms with E-state index in [1.54, 1.807) is 20.3 Å². The van der Waals surface area contributed by atoms with Crippen molar-refractivity contribution in [3.05, 3.63) is 53.6 Å². The van der Waals surface area contributed by atoms with Gasteiger partial charge in [0, 0.05) is 19.5 Å². The van der Waals surface area contributed by atoms with Crippen molar-refractivity contribution < 1.29 is 22.7 Å². The van der Waals surface area contributed by atoms with Crippen molar-refractivity contribution in [2.24, 2.45) is 0 Å². The molecule has 0 unspecified atom stereocenters. The van der Waals surface area contributed by atoms with E-state index < -0.39 is 10.0 Å². The van der Waals surface area contributed by atoms with E-state index >= 15 is 0 Å². The van der Waals surface area contributed by atoms with E-state index in [0.717, 1.165) is 11.1 Å². The summed E-state index contributed by atoms with van der Waals surface area (Å²) >= 11 is 0. The summed E-state index contributed by atoms with van der Waals surface area (Å²) in [5.41, 5.74) is 2.64. The fourth-order valence-electron chi connectivity index (χ4n) is 3.17. The average molecular weight is 449 g/mol. The highest BCUT2D eigenvalue weighted by Gasteiger charge is 2.18. The number of nitrogens with one attached hydrogen (secondary N) is 1. The van der Waals surface area contributed by atoms with Gasteiger partial charge in [-0.25, -0.2) is 8.42 Å². The molecule has 1 N–H and O–H groups in total. The van der Waals surface area contributed by atoms with Crippen molar-refractivity contribution in [2.75, 3.05) is 31.3 Å². The molecule has 7 nitrogen and oxygen atoms in total. The predicted octanol–water partition coefficient (Wildman–Crippen LogP) is 3.69. The van der Waals surface area contributed by atoms with Crippen LogP contribution in [0.25, 0.3) is 0 Å². The van der Waals surface area contributed by atoms with Gasteiger partial charge >= 0.3 is 0 Å². The Kier molecular flexibility index (Phi) is 8.74. The molecule has 0 saturated carbocycles. The van der Waals surface area contributed by atoms with Crippen LogP contribution in [0.3, 0.4) is 0 Å². The summed E-state index contributed by atoms with van der Waals surface area (Å²) in [7, 11) is -0.316. The lowest BCUT2D eigenvalue weighted by Crippen LogP contribution is -2.32. The minimum absolute atomic E-state index is 0.140. The van der Waals surface area contributed by atoms with Crippen LogP contribution in [0.4, 0.5) is 5.69 Å². The largest absolute Gasteiger partial charge is 0.493 e. The van der Waals surface area contributed by atoms with Crippen molar-refractivity contribution >= 4 is 21.6 Å². The van der Waals surface area contributed by atoms with Gasteiger partial charge in [0.05, 0.1) is 26.2 Å². The van der Waals surface area contributed by atoms with Crippen molar-refractivity contribution in [3.8, 4) is 11.5 Å². The zero-order valence-electron chi connectivity index (χ0n) is 18.8. The smallest absolute Gasteiger partial charge is 0.232 e. The molecule has 2 aromatic rings. The number of methoxy groups -OCH3 is 2. The molecule has 0 aliphatic heterocycles. The van der Waals surface area contributed by atoms with Gasteiger partial charge in [0.2, 0.25) is 15.9 Å². The first-order chi connectivity index (χ1) is 14.7. The SMILES string of the molecule is COc1ccc(CNC(=O)CCCN(c2ccc(C(C)C)cc2)S(C)(=O)=O)cc1OC. The Morgan fingerprint density at radius 3 is 2.23 bits per heavy atom. The molecule has 0 heterocycles. The second-order valence-corrected chi connectivity index (χ2v) is 9.56. The third-order valence-corrected chi connectivity index (χ3v) is 6.14. The Balaban J connectivity index is 1.91. The van der Waals surface area contributed by atoms with E-state index in [-0.39, 0.29) is 18.9 Å². The molecule has 1 amide bonds. The van der Waals surface area contributed by atoms with E-state index in [4.69, 9.17) is 9.47 Å². The Morgan fingerprint density at radius 1 is 1.03 bits per heavy atom. The van der Waals surface area contributed by atoms with Crippen LogP contribution in [0, 0.1) is 0 Å². The minimum Gasteiger partial charge on any atom is -0.493 e. The summed E-state index contributed by atoms with van der Waals surface area (Å²) < 4.78 is 36.3. The number of anilines is 1. The summed E-state index contributed by atoms with van der Waals surface area (Å²) in [6.07, 6.45) is 1.82. The molecule has 2 rings (SSSR count). The van der Waals surface area contributed by atoms with Crippen LogP contribution in [-0.4, -0.2) is 41.3 Å². The highest BCUT2D eigenvalue weighted by Crippen LogP contribution is 2.27. The number of hydrogen-bond donors (Lipinski definition) is 1. The molecule has 0 aliphatic carbocycles. The number of amides is 1. The summed E-state index contributed by atoms with van der Waals surface area (Å²) in [5, 5.41) is 2.86. The van der Waals surface area contributed by atoms with Gasteiger partial charge in [-0.15, -0.1) is 0 Å². The van der Waals surface area contributed by atoms with Crippen LogP contribution < -0.4 is 19.1 Å². The molecule has 2 aromatic carbocycles. The number of nitrogens with zero attached hydrogens (tertiary/aromatic N) is 1. The molecule has 0 atom stereocenters. The summed E-state index contributed by atoms with van der Waals surface area (Å²) in [4.78, 5) is 12.2. The number of ether oxygens (including phenoxy) is 2. The zero-order valence-corrected chi connectivity index (χ0v) is 19.7. The molecule has 0 saturated heterocycles. The standard InChI is InChI=1S/C23H32N2O5S/c1-17(2)19-9-11-20(12-10-19)25(31(5,27)28)14-6-7-23(26)24-16-18-8-13-21(29-3)22(15-18)30-4/h8-13,15,17H,6-7,14,16H2,1-5H3,(H,24,26). The Bertz CT molecular complexity index is 972. The van der Waals surface area contributed by atoms with Crippen LogP contribution >= 0.6 is 0 Å². The van der Waals surface area contributed by atoms with Gasteiger partial charge in [0.1, 0.15) is 0 Å². The molecule has 31 heavy (non-hydrogen) atoms. The van der Waals surface area contributed by atoms with Crippen LogP contribution in [0.2, 0.25) is 0 Å². The number of carbonyl (C=O) groups is 1. The lowest BCUT2D eigenvalue weighted by atomic mass is 10.0. The van der Waals surface area contributed by atoms with Crippen LogP contribution in [0.15, 0.2) is 42.5 Å². The summed E-state index contributed by atoms with van der Waals surface area (Å²) in [6.45, 7) is 4.77. The monoisotopic (exact) mass is 448 g/mol.